The summed E-state index contributed by atoms with van der Waals surface area (Å²) in [5.74, 6) is 1.65. The maximum absolute atomic E-state index is 4.96. The zero-order valence-corrected chi connectivity index (χ0v) is 15.8. The van der Waals surface area contributed by atoms with E-state index in [0.29, 0.717) is 5.95 Å². The lowest BCUT2D eigenvalue weighted by Crippen LogP contribution is -2.26. The molecule has 2 aromatic carbocycles. The van der Waals surface area contributed by atoms with Crippen LogP contribution < -0.4 is 4.90 Å². The van der Waals surface area contributed by atoms with E-state index in [-0.39, 0.29) is 0 Å². The molecule has 1 aliphatic heterocycles. The second-order valence-electron chi connectivity index (χ2n) is 7.30. The minimum Gasteiger partial charge on any atom is -0.356 e. The number of hydrogen-bond acceptors (Lipinski definition) is 4. The average molecular weight is 369 g/mol. The Morgan fingerprint density at radius 2 is 1.57 bits per heavy atom. The van der Waals surface area contributed by atoms with E-state index in [1.54, 1.807) is 10.9 Å². The van der Waals surface area contributed by atoms with Crippen molar-refractivity contribution < 1.29 is 0 Å². The fourth-order valence-corrected chi connectivity index (χ4v) is 3.92. The van der Waals surface area contributed by atoms with Gasteiger partial charge < -0.3 is 4.90 Å². The molecule has 0 saturated carbocycles. The van der Waals surface area contributed by atoms with E-state index in [2.05, 4.69) is 52.5 Å². The van der Waals surface area contributed by atoms with Gasteiger partial charge in [-0.25, -0.2) is 9.67 Å². The Balaban J connectivity index is 1.69. The standard InChI is InChI=1S/C23H23N5/c1-2-7-15-27(14-6-1)22-20-17-19(18-9-4-3-5-10-18)11-12-21(20)25-23(26-22)28-16-8-13-24-28/h3-5,8-13,16-17H,1-2,6-7,14-15H2. The van der Waals surface area contributed by atoms with Crippen LogP contribution >= 0.6 is 0 Å². The maximum Gasteiger partial charge on any atom is 0.253 e. The van der Waals surface area contributed by atoms with Crippen molar-refractivity contribution in [2.75, 3.05) is 18.0 Å². The van der Waals surface area contributed by atoms with Crippen LogP contribution in [-0.2, 0) is 0 Å². The first-order valence-corrected chi connectivity index (χ1v) is 10.0. The van der Waals surface area contributed by atoms with Gasteiger partial charge in [0.25, 0.3) is 5.95 Å². The molecule has 0 amide bonds. The SMILES string of the molecule is c1ccc(-c2ccc3nc(-n4cccn4)nc(N4CCCCCC4)c3c2)cc1. The highest BCUT2D eigenvalue weighted by atomic mass is 15.4. The lowest BCUT2D eigenvalue weighted by molar-refractivity contribution is 0.726. The normalized spacial score (nSPS) is 14.9. The third-order valence-electron chi connectivity index (χ3n) is 5.39. The van der Waals surface area contributed by atoms with E-state index in [9.17, 15) is 0 Å². The topological polar surface area (TPSA) is 46.8 Å². The van der Waals surface area contributed by atoms with Gasteiger partial charge in [0.15, 0.2) is 0 Å². The van der Waals surface area contributed by atoms with Crippen LogP contribution in [0.5, 0.6) is 0 Å². The van der Waals surface area contributed by atoms with Crippen molar-refractivity contribution in [3.05, 3.63) is 67.0 Å². The van der Waals surface area contributed by atoms with Crippen molar-refractivity contribution >= 4 is 16.7 Å². The Morgan fingerprint density at radius 1 is 0.750 bits per heavy atom. The number of benzene rings is 2. The molecule has 28 heavy (non-hydrogen) atoms. The van der Waals surface area contributed by atoms with Crippen LogP contribution in [0.2, 0.25) is 0 Å². The predicted molar refractivity (Wildman–Crippen MR) is 113 cm³/mol. The molecule has 2 aromatic heterocycles. The third-order valence-corrected chi connectivity index (χ3v) is 5.39. The molecule has 3 heterocycles. The smallest absolute Gasteiger partial charge is 0.253 e. The molecule has 1 fully saturated rings. The van der Waals surface area contributed by atoms with Crippen molar-refractivity contribution in [2.45, 2.75) is 25.7 Å². The van der Waals surface area contributed by atoms with Crippen LogP contribution in [-0.4, -0.2) is 32.8 Å². The largest absolute Gasteiger partial charge is 0.356 e. The Hall–Kier alpha value is -3.21. The fraction of sp³-hybridized carbons (Fsp3) is 0.261. The van der Waals surface area contributed by atoms with Crippen LogP contribution in [0.4, 0.5) is 5.82 Å². The molecule has 0 unspecified atom stereocenters. The van der Waals surface area contributed by atoms with Gasteiger partial charge in [0.05, 0.1) is 5.52 Å². The van der Waals surface area contributed by atoms with Gasteiger partial charge in [0, 0.05) is 30.9 Å². The van der Waals surface area contributed by atoms with E-state index in [0.717, 1.165) is 29.8 Å². The minimum absolute atomic E-state index is 0.629. The molecule has 1 saturated heterocycles. The lowest BCUT2D eigenvalue weighted by atomic mass is 10.0. The fourth-order valence-electron chi connectivity index (χ4n) is 3.92. The van der Waals surface area contributed by atoms with Gasteiger partial charge in [0.2, 0.25) is 0 Å². The van der Waals surface area contributed by atoms with Gasteiger partial charge in [-0.05, 0) is 42.2 Å². The molecular formula is C23H23N5. The van der Waals surface area contributed by atoms with Crippen LogP contribution in [0.25, 0.3) is 28.0 Å². The van der Waals surface area contributed by atoms with Gasteiger partial charge in [0.1, 0.15) is 5.82 Å². The highest BCUT2D eigenvalue weighted by Crippen LogP contribution is 2.31. The summed E-state index contributed by atoms with van der Waals surface area (Å²) in [6, 6.07) is 18.9. The molecule has 0 bridgehead atoms. The minimum atomic E-state index is 0.629. The molecule has 1 aliphatic rings. The van der Waals surface area contributed by atoms with E-state index in [1.807, 2.05) is 18.3 Å². The number of fused-ring (bicyclic) bond motifs is 1. The van der Waals surface area contributed by atoms with Gasteiger partial charge >= 0.3 is 0 Å². The lowest BCUT2D eigenvalue weighted by Gasteiger charge is -2.23. The molecule has 0 atom stereocenters. The number of rotatable bonds is 3. The van der Waals surface area contributed by atoms with Crippen molar-refractivity contribution in [1.29, 1.82) is 0 Å². The molecule has 0 N–H and O–H groups in total. The summed E-state index contributed by atoms with van der Waals surface area (Å²) in [5, 5.41) is 5.45. The summed E-state index contributed by atoms with van der Waals surface area (Å²) in [6.45, 7) is 2.08. The molecule has 0 aliphatic carbocycles. The van der Waals surface area contributed by atoms with Gasteiger partial charge in [-0.3, -0.25) is 0 Å². The quantitative estimate of drug-likeness (QED) is 0.517. The zero-order chi connectivity index (χ0) is 18.8. The molecule has 0 spiro atoms. The second-order valence-corrected chi connectivity index (χ2v) is 7.30. The summed E-state index contributed by atoms with van der Waals surface area (Å²) < 4.78 is 1.74. The summed E-state index contributed by atoms with van der Waals surface area (Å²) >= 11 is 0. The van der Waals surface area contributed by atoms with Crippen molar-refractivity contribution in [2.24, 2.45) is 0 Å². The van der Waals surface area contributed by atoms with Crippen LogP contribution in [0.3, 0.4) is 0 Å². The van der Waals surface area contributed by atoms with Gasteiger partial charge in [-0.15, -0.1) is 0 Å². The number of nitrogens with zero attached hydrogens (tertiary/aromatic N) is 5. The van der Waals surface area contributed by atoms with Crippen LogP contribution in [0.15, 0.2) is 67.0 Å². The molecule has 140 valence electrons. The van der Waals surface area contributed by atoms with Gasteiger partial charge in [-0.2, -0.15) is 10.1 Å². The molecule has 5 heteroatoms. The Labute approximate surface area is 164 Å². The van der Waals surface area contributed by atoms with Crippen LogP contribution in [0.1, 0.15) is 25.7 Å². The van der Waals surface area contributed by atoms with Gasteiger partial charge in [-0.1, -0.05) is 49.2 Å². The number of aromatic nitrogens is 4. The van der Waals surface area contributed by atoms with E-state index in [1.165, 1.54) is 36.8 Å². The molecular weight excluding hydrogens is 346 g/mol. The van der Waals surface area contributed by atoms with E-state index < -0.39 is 0 Å². The number of hydrogen-bond donors (Lipinski definition) is 0. The van der Waals surface area contributed by atoms with E-state index >= 15 is 0 Å². The first-order valence-electron chi connectivity index (χ1n) is 10.0. The Bertz CT molecular complexity index is 1070. The molecule has 4 aromatic rings. The predicted octanol–water partition coefficient (Wildman–Crippen LogP) is 4.86. The first kappa shape index (κ1) is 16.9. The third kappa shape index (κ3) is 3.24. The second kappa shape index (κ2) is 7.43. The van der Waals surface area contributed by atoms with Crippen molar-refractivity contribution in [3.63, 3.8) is 0 Å². The summed E-state index contributed by atoms with van der Waals surface area (Å²) in [4.78, 5) is 12.2. The van der Waals surface area contributed by atoms with Crippen LogP contribution in [0, 0.1) is 0 Å². The number of anilines is 1. The summed E-state index contributed by atoms with van der Waals surface area (Å²) in [7, 11) is 0. The van der Waals surface area contributed by atoms with Crippen molar-refractivity contribution in [3.8, 4) is 17.1 Å². The first-order chi connectivity index (χ1) is 13.9. The van der Waals surface area contributed by atoms with E-state index in [4.69, 9.17) is 9.97 Å². The Kier molecular flexibility index (Phi) is 4.49. The van der Waals surface area contributed by atoms with Crippen molar-refractivity contribution in [1.82, 2.24) is 19.7 Å². The Morgan fingerprint density at radius 3 is 2.32 bits per heavy atom. The summed E-state index contributed by atoms with van der Waals surface area (Å²) in [5.41, 5.74) is 3.36. The highest BCUT2D eigenvalue weighted by Gasteiger charge is 2.18. The zero-order valence-electron chi connectivity index (χ0n) is 15.8. The maximum atomic E-state index is 4.96. The summed E-state index contributed by atoms with van der Waals surface area (Å²) in [6.07, 6.45) is 8.66. The molecule has 5 nitrogen and oxygen atoms in total. The highest BCUT2D eigenvalue weighted by molar-refractivity contribution is 5.93. The molecule has 0 radical (unpaired) electrons. The average Bonchev–Trinajstić information content (AvgIpc) is 3.16. The molecule has 5 rings (SSSR count). The monoisotopic (exact) mass is 369 g/mol.